The lowest BCUT2D eigenvalue weighted by molar-refractivity contribution is 0.142. The van der Waals surface area contributed by atoms with E-state index in [1.165, 1.54) is 0 Å². The molecule has 2 rings (SSSR count). The molecule has 96 valence electrons. The van der Waals surface area contributed by atoms with Crippen molar-refractivity contribution in [1.29, 1.82) is 0 Å². The van der Waals surface area contributed by atoms with Crippen molar-refractivity contribution in [2.75, 3.05) is 6.54 Å². The molecule has 1 unspecified atom stereocenters. The van der Waals surface area contributed by atoms with E-state index >= 15 is 0 Å². The maximum atomic E-state index is 12.1. The Morgan fingerprint density at radius 2 is 2.00 bits per heavy atom. The van der Waals surface area contributed by atoms with Crippen molar-refractivity contribution in [3.05, 3.63) is 48.3 Å². The van der Waals surface area contributed by atoms with Gasteiger partial charge in [0.2, 0.25) is 0 Å². The van der Waals surface area contributed by atoms with Gasteiger partial charge in [0.15, 0.2) is 0 Å². The first-order valence-electron chi connectivity index (χ1n) is 5.78. The Morgan fingerprint density at radius 3 is 2.67 bits per heavy atom. The first-order chi connectivity index (χ1) is 8.66. The molecule has 0 aliphatic heterocycles. The summed E-state index contributed by atoms with van der Waals surface area (Å²) in [7, 11) is 0. The third kappa shape index (κ3) is 3.13. The lowest BCUT2D eigenvalue weighted by Crippen LogP contribution is -2.24. The van der Waals surface area contributed by atoms with Crippen LogP contribution in [-0.2, 0) is 0 Å². The molecule has 0 bridgehead atoms. The van der Waals surface area contributed by atoms with Gasteiger partial charge in [-0.3, -0.25) is 0 Å². The molecule has 1 heterocycles. The Morgan fingerprint density at radius 1 is 1.28 bits per heavy atom. The second-order valence-corrected chi connectivity index (χ2v) is 4.07. The van der Waals surface area contributed by atoms with Gasteiger partial charge in [-0.2, -0.15) is 5.10 Å². The van der Waals surface area contributed by atoms with E-state index in [4.69, 9.17) is 0 Å². The van der Waals surface area contributed by atoms with Gasteiger partial charge in [0.05, 0.1) is 18.4 Å². The summed E-state index contributed by atoms with van der Waals surface area (Å²) >= 11 is 0. The van der Waals surface area contributed by atoms with Crippen LogP contribution in [0, 0.1) is 0 Å². The highest BCUT2D eigenvalue weighted by atomic mass is 19.3. The predicted octanol–water partition coefficient (Wildman–Crippen LogP) is 2.79. The number of aromatic nitrogens is 2. The molecule has 18 heavy (non-hydrogen) atoms. The van der Waals surface area contributed by atoms with E-state index in [1.807, 2.05) is 43.5 Å². The van der Waals surface area contributed by atoms with Gasteiger partial charge in [0.25, 0.3) is 6.43 Å². The van der Waals surface area contributed by atoms with Crippen molar-refractivity contribution in [1.82, 2.24) is 15.1 Å². The fourth-order valence-electron chi connectivity index (χ4n) is 1.67. The van der Waals surface area contributed by atoms with Gasteiger partial charge in [0.1, 0.15) is 0 Å². The van der Waals surface area contributed by atoms with Crippen LogP contribution in [0.5, 0.6) is 0 Å². The lowest BCUT2D eigenvalue weighted by Gasteiger charge is -2.10. The van der Waals surface area contributed by atoms with Crippen LogP contribution in [0.1, 0.15) is 18.5 Å². The Balaban J connectivity index is 2.06. The molecule has 2 aromatic rings. The van der Waals surface area contributed by atoms with E-state index in [0.29, 0.717) is 0 Å². The number of halogens is 2. The molecule has 0 saturated carbocycles. The van der Waals surface area contributed by atoms with Gasteiger partial charge < -0.3 is 5.32 Å². The zero-order valence-corrected chi connectivity index (χ0v) is 10.1. The third-order valence-electron chi connectivity index (χ3n) is 2.70. The number of hydrogen-bond donors (Lipinski definition) is 1. The highest BCUT2D eigenvalue weighted by Gasteiger charge is 2.10. The van der Waals surface area contributed by atoms with Gasteiger partial charge >= 0.3 is 0 Å². The molecule has 0 radical (unpaired) electrons. The number of benzene rings is 1. The molecular weight excluding hydrogens is 236 g/mol. The highest BCUT2D eigenvalue weighted by molar-refractivity contribution is 5.31. The zero-order valence-electron chi connectivity index (χ0n) is 10.1. The summed E-state index contributed by atoms with van der Waals surface area (Å²) in [6.07, 6.45) is 1.20. The second-order valence-electron chi connectivity index (χ2n) is 4.07. The number of alkyl halides is 2. The molecule has 1 N–H and O–H groups in total. The van der Waals surface area contributed by atoms with E-state index in [1.54, 1.807) is 10.9 Å². The van der Waals surface area contributed by atoms with Crippen LogP contribution in [0.2, 0.25) is 0 Å². The van der Waals surface area contributed by atoms with E-state index in [0.717, 1.165) is 11.3 Å². The molecule has 3 nitrogen and oxygen atoms in total. The minimum absolute atomic E-state index is 0.142. The van der Waals surface area contributed by atoms with E-state index in [-0.39, 0.29) is 12.6 Å². The van der Waals surface area contributed by atoms with Crippen LogP contribution in [0.3, 0.4) is 0 Å². The molecule has 1 aromatic carbocycles. The van der Waals surface area contributed by atoms with E-state index in [2.05, 4.69) is 10.4 Å². The quantitative estimate of drug-likeness (QED) is 0.885. The molecule has 1 aromatic heterocycles. The summed E-state index contributed by atoms with van der Waals surface area (Å²) in [5.74, 6) is 0. The molecule has 0 aliphatic rings. The number of rotatable bonds is 5. The maximum absolute atomic E-state index is 12.1. The Labute approximate surface area is 104 Å². The second kappa shape index (κ2) is 5.73. The number of nitrogens with one attached hydrogen (secondary N) is 1. The smallest absolute Gasteiger partial charge is 0.250 e. The summed E-state index contributed by atoms with van der Waals surface area (Å²) in [6, 6.07) is 9.52. The third-order valence-corrected chi connectivity index (χ3v) is 2.70. The van der Waals surface area contributed by atoms with Gasteiger partial charge in [-0.1, -0.05) is 18.2 Å². The lowest BCUT2D eigenvalue weighted by atomic mass is 10.2. The van der Waals surface area contributed by atoms with Crippen LogP contribution in [0.15, 0.2) is 42.7 Å². The van der Waals surface area contributed by atoms with Crippen molar-refractivity contribution < 1.29 is 8.78 Å². The topological polar surface area (TPSA) is 29.9 Å². The Kier molecular flexibility index (Phi) is 4.04. The Hall–Kier alpha value is -1.75. The number of hydrogen-bond acceptors (Lipinski definition) is 2. The molecule has 0 amide bonds. The van der Waals surface area contributed by atoms with E-state index < -0.39 is 6.43 Å². The SMILES string of the molecule is CC(NCC(F)F)c1cnn(-c2ccccc2)c1. The molecule has 0 spiro atoms. The first-order valence-corrected chi connectivity index (χ1v) is 5.78. The minimum atomic E-state index is -2.34. The fraction of sp³-hybridized carbons (Fsp3) is 0.308. The van der Waals surface area contributed by atoms with Crippen LogP contribution in [0.25, 0.3) is 5.69 Å². The average Bonchev–Trinajstić information content (AvgIpc) is 2.86. The standard InChI is InChI=1S/C13H15F2N3/c1-10(16-8-13(14)15)11-7-17-18(9-11)12-5-3-2-4-6-12/h2-7,9-10,13,16H,8H2,1H3. The zero-order chi connectivity index (χ0) is 13.0. The normalized spacial score (nSPS) is 12.9. The van der Waals surface area contributed by atoms with Crippen molar-refractivity contribution in [2.24, 2.45) is 0 Å². The van der Waals surface area contributed by atoms with Crippen molar-refractivity contribution in [3.8, 4) is 5.69 Å². The van der Waals surface area contributed by atoms with Gasteiger partial charge in [-0.25, -0.2) is 13.5 Å². The summed E-state index contributed by atoms with van der Waals surface area (Å²) < 4.78 is 25.9. The summed E-state index contributed by atoms with van der Waals surface area (Å²) in [4.78, 5) is 0. The molecule has 0 saturated heterocycles. The monoisotopic (exact) mass is 251 g/mol. The average molecular weight is 251 g/mol. The van der Waals surface area contributed by atoms with Crippen molar-refractivity contribution in [3.63, 3.8) is 0 Å². The first kappa shape index (κ1) is 12.7. The van der Waals surface area contributed by atoms with Crippen LogP contribution >= 0.6 is 0 Å². The molecule has 0 aliphatic carbocycles. The molecular formula is C13H15F2N3. The number of para-hydroxylation sites is 1. The molecule has 1 atom stereocenters. The van der Waals surface area contributed by atoms with E-state index in [9.17, 15) is 8.78 Å². The van der Waals surface area contributed by atoms with Crippen molar-refractivity contribution >= 4 is 0 Å². The summed E-state index contributed by atoms with van der Waals surface area (Å²) in [6.45, 7) is 1.53. The van der Waals surface area contributed by atoms with Crippen LogP contribution < -0.4 is 5.32 Å². The molecule has 5 heteroatoms. The fourth-order valence-corrected chi connectivity index (χ4v) is 1.67. The summed E-state index contributed by atoms with van der Waals surface area (Å²) in [5.41, 5.74) is 1.84. The number of nitrogens with zero attached hydrogens (tertiary/aromatic N) is 2. The van der Waals surface area contributed by atoms with Crippen LogP contribution in [0.4, 0.5) is 8.78 Å². The minimum Gasteiger partial charge on any atom is -0.305 e. The van der Waals surface area contributed by atoms with Crippen molar-refractivity contribution in [2.45, 2.75) is 19.4 Å². The molecule has 0 fully saturated rings. The van der Waals surface area contributed by atoms with Crippen LogP contribution in [-0.4, -0.2) is 22.8 Å². The van der Waals surface area contributed by atoms with Gasteiger partial charge in [-0.15, -0.1) is 0 Å². The predicted molar refractivity (Wildman–Crippen MR) is 66.0 cm³/mol. The Bertz CT molecular complexity index is 482. The van der Waals surface area contributed by atoms with Gasteiger partial charge in [0, 0.05) is 17.8 Å². The highest BCUT2D eigenvalue weighted by Crippen LogP contribution is 2.14. The van der Waals surface area contributed by atoms with Gasteiger partial charge in [-0.05, 0) is 19.1 Å². The maximum Gasteiger partial charge on any atom is 0.250 e. The largest absolute Gasteiger partial charge is 0.305 e. The summed E-state index contributed by atoms with van der Waals surface area (Å²) in [5, 5.41) is 6.98.